The second-order valence-corrected chi connectivity index (χ2v) is 16.5. The van der Waals surface area contributed by atoms with Crippen molar-refractivity contribution in [2.24, 2.45) is 17.8 Å². The predicted molar refractivity (Wildman–Crippen MR) is 211 cm³/mol. The molecule has 14 heteroatoms. The first-order valence-electron chi connectivity index (χ1n) is 20.8. The second-order valence-electron chi connectivity index (χ2n) is 15.0. The van der Waals surface area contributed by atoms with Crippen LogP contribution in [0.25, 0.3) is 0 Å². The summed E-state index contributed by atoms with van der Waals surface area (Å²) in [6, 6.07) is 0. The van der Waals surface area contributed by atoms with E-state index in [0.29, 0.717) is 32.1 Å². The number of aliphatic hydroxyl groups excluding tert-OH is 4. The van der Waals surface area contributed by atoms with E-state index in [-0.39, 0.29) is 31.0 Å². The first-order valence-corrected chi connectivity index (χ1v) is 22.3. The van der Waals surface area contributed by atoms with Crippen molar-refractivity contribution in [3.63, 3.8) is 0 Å². The van der Waals surface area contributed by atoms with Gasteiger partial charge in [-0.1, -0.05) is 122 Å². The Balaban J connectivity index is 2.51. The van der Waals surface area contributed by atoms with E-state index < -0.39 is 76.5 Å². The Hall–Kier alpha value is -1.96. The fraction of sp³-hybridized carbons (Fsp3) is 0.829. The van der Waals surface area contributed by atoms with Gasteiger partial charge in [0.05, 0.1) is 32.0 Å². The topological polar surface area (TPSA) is 206 Å². The van der Waals surface area contributed by atoms with Crippen LogP contribution < -0.4 is 0 Å². The number of Topliss-reactive ketones (excluding diaryl/α,β-unsaturated/α-hetero) is 1. The van der Waals surface area contributed by atoms with Crippen molar-refractivity contribution in [2.75, 3.05) is 26.4 Å². The van der Waals surface area contributed by atoms with Crippen LogP contribution in [0.4, 0.5) is 0 Å². The van der Waals surface area contributed by atoms with Crippen LogP contribution in [0, 0.1) is 17.8 Å². The minimum Gasteiger partial charge on any atom is -0.462 e. The summed E-state index contributed by atoms with van der Waals surface area (Å²) in [5.74, 6) is -1.12. The summed E-state index contributed by atoms with van der Waals surface area (Å²) in [5, 5.41) is 39.0. The number of phosphoric ester groups is 1. The van der Waals surface area contributed by atoms with Gasteiger partial charge in [0.15, 0.2) is 6.10 Å². The molecule has 0 saturated heterocycles. The van der Waals surface area contributed by atoms with Gasteiger partial charge in [-0.05, 0) is 38.0 Å². The van der Waals surface area contributed by atoms with Gasteiger partial charge in [-0.2, -0.15) is 0 Å². The minimum atomic E-state index is -4.68. The van der Waals surface area contributed by atoms with Crippen molar-refractivity contribution in [1.82, 2.24) is 0 Å². The third-order valence-corrected chi connectivity index (χ3v) is 11.0. The zero-order valence-corrected chi connectivity index (χ0v) is 34.7. The van der Waals surface area contributed by atoms with Gasteiger partial charge in [0.25, 0.3) is 0 Å². The molecule has 0 aromatic heterocycles. The average Bonchev–Trinajstić information content (AvgIpc) is 3.43. The Kier molecular flexibility index (Phi) is 28.9. The fourth-order valence-corrected chi connectivity index (χ4v) is 7.09. The highest BCUT2D eigenvalue weighted by atomic mass is 31.2. The first-order chi connectivity index (χ1) is 26.3. The number of unbranched alkanes of at least 4 members (excludes halogenated alkanes) is 10. The molecule has 2 unspecified atom stereocenters. The van der Waals surface area contributed by atoms with E-state index in [1.165, 1.54) is 38.5 Å². The highest BCUT2D eigenvalue weighted by Crippen LogP contribution is 2.43. The number of carbonyl (C=O) groups excluding carboxylic acids is 3. The summed E-state index contributed by atoms with van der Waals surface area (Å²) >= 11 is 0. The summed E-state index contributed by atoms with van der Waals surface area (Å²) < 4.78 is 32.6. The van der Waals surface area contributed by atoms with Crippen molar-refractivity contribution in [3.8, 4) is 0 Å². The largest absolute Gasteiger partial charge is 0.472 e. The lowest BCUT2D eigenvalue weighted by Gasteiger charge is -2.20. The molecule has 0 aromatic rings. The predicted octanol–water partition coefficient (Wildman–Crippen LogP) is 7.06. The highest BCUT2D eigenvalue weighted by Gasteiger charge is 2.39. The number of aliphatic hydroxyl groups is 4. The minimum absolute atomic E-state index is 0.0429. The van der Waals surface area contributed by atoms with Gasteiger partial charge in [0.1, 0.15) is 18.5 Å². The Bertz CT molecular complexity index is 1150. The number of allylic oxidation sites excluding steroid dienone is 3. The maximum absolute atomic E-state index is 12.6. The Labute approximate surface area is 329 Å². The van der Waals surface area contributed by atoms with Crippen LogP contribution in [0.15, 0.2) is 24.3 Å². The first kappa shape index (κ1) is 51.1. The molecule has 1 saturated carbocycles. The van der Waals surface area contributed by atoms with Crippen molar-refractivity contribution in [1.29, 1.82) is 0 Å². The number of hydrogen-bond acceptors (Lipinski definition) is 12. The molecule has 13 nitrogen and oxygen atoms in total. The van der Waals surface area contributed by atoms with E-state index >= 15 is 0 Å². The lowest BCUT2D eigenvalue weighted by Crippen LogP contribution is -2.29. The molecule has 1 aliphatic rings. The van der Waals surface area contributed by atoms with Crippen LogP contribution in [-0.2, 0) is 37.5 Å². The van der Waals surface area contributed by atoms with Crippen LogP contribution in [-0.4, -0.2) is 93.9 Å². The molecule has 0 aromatic carbocycles. The molecule has 1 fully saturated rings. The van der Waals surface area contributed by atoms with Crippen LogP contribution in [0.1, 0.15) is 149 Å². The maximum Gasteiger partial charge on any atom is 0.472 e. The monoisotopic (exact) mass is 804 g/mol. The molecule has 8 atom stereocenters. The Morgan fingerprint density at radius 3 is 2.16 bits per heavy atom. The molecular weight excluding hydrogens is 731 g/mol. The Morgan fingerprint density at radius 2 is 1.49 bits per heavy atom. The van der Waals surface area contributed by atoms with Gasteiger partial charge >= 0.3 is 19.8 Å². The lowest BCUT2D eigenvalue weighted by molar-refractivity contribution is -0.161. The smallest absolute Gasteiger partial charge is 0.462 e. The van der Waals surface area contributed by atoms with E-state index in [2.05, 4.69) is 25.3 Å². The molecule has 55 heavy (non-hydrogen) atoms. The van der Waals surface area contributed by atoms with Crippen LogP contribution in [0.3, 0.4) is 0 Å². The van der Waals surface area contributed by atoms with Crippen LogP contribution >= 0.6 is 7.82 Å². The summed E-state index contributed by atoms with van der Waals surface area (Å²) in [6.07, 6.45) is 19.6. The molecule has 0 spiro atoms. The molecule has 320 valence electrons. The molecule has 1 rings (SSSR count). The quantitative estimate of drug-likeness (QED) is 0.0192. The van der Waals surface area contributed by atoms with Crippen molar-refractivity contribution in [2.45, 2.75) is 174 Å². The second kappa shape index (κ2) is 31.1. The van der Waals surface area contributed by atoms with Gasteiger partial charge in [-0.25, -0.2) is 4.57 Å². The molecular formula is C41H73O13P. The SMILES string of the molecule is CCCCC[C@H](O)/C=C/[C@H]1C(=O)C[C@H](O)[C@@H]1C/C=C\CCCC(=O)OC[C@H](COP(=O)(O)OC[C@@H](O)CO)OC(=O)CCCCCCCCCCC(C)CC. The molecule has 1 aliphatic carbocycles. The van der Waals surface area contributed by atoms with E-state index in [4.69, 9.17) is 19.1 Å². The average molecular weight is 805 g/mol. The molecule has 0 radical (unpaired) electrons. The number of rotatable bonds is 34. The zero-order chi connectivity index (χ0) is 40.9. The highest BCUT2D eigenvalue weighted by molar-refractivity contribution is 7.47. The summed E-state index contributed by atoms with van der Waals surface area (Å²) in [5.41, 5.74) is 0. The van der Waals surface area contributed by atoms with Crippen molar-refractivity contribution in [3.05, 3.63) is 24.3 Å². The third-order valence-electron chi connectivity index (χ3n) is 10.0. The standard InChI is InChI=1S/C41H73O13P/c1-4-6-15-21-33(43)25-26-37-36(38(45)27-39(37)46)22-17-13-14-18-23-40(47)51-30-35(31-53-55(49,50)52-29-34(44)28-42)54-41(48)24-19-12-10-8-7-9-11-16-20-32(3)5-2/h13,17,25-26,32-38,42-45H,4-12,14-16,18-24,27-31H2,1-3H3,(H,49,50)/b17-13-,26-25+/t32?,33-,34-,35+,36+,37+,38-/m0/s1. The van der Waals surface area contributed by atoms with E-state index in [0.717, 1.165) is 44.4 Å². The van der Waals surface area contributed by atoms with E-state index in [1.54, 1.807) is 12.2 Å². The van der Waals surface area contributed by atoms with Crippen LogP contribution in [0.5, 0.6) is 0 Å². The van der Waals surface area contributed by atoms with Gasteiger partial charge in [0.2, 0.25) is 0 Å². The summed E-state index contributed by atoms with van der Waals surface area (Å²) in [6.45, 7) is 4.25. The Morgan fingerprint density at radius 1 is 0.855 bits per heavy atom. The number of ether oxygens (including phenoxy) is 2. The molecule has 5 N–H and O–H groups in total. The van der Waals surface area contributed by atoms with Crippen molar-refractivity contribution >= 4 is 25.5 Å². The van der Waals surface area contributed by atoms with Gasteiger partial charge in [0, 0.05) is 31.1 Å². The molecule has 0 aliphatic heterocycles. The molecule has 0 heterocycles. The summed E-state index contributed by atoms with van der Waals surface area (Å²) in [7, 11) is -4.68. The van der Waals surface area contributed by atoms with Crippen molar-refractivity contribution < 1.29 is 62.8 Å². The molecule has 0 amide bonds. The normalized spacial score (nSPS) is 20.8. The lowest BCUT2D eigenvalue weighted by atomic mass is 9.90. The number of hydrogen-bond donors (Lipinski definition) is 5. The number of esters is 2. The van der Waals surface area contributed by atoms with E-state index in [1.807, 2.05) is 12.2 Å². The summed E-state index contributed by atoms with van der Waals surface area (Å²) in [4.78, 5) is 47.6. The fourth-order valence-electron chi connectivity index (χ4n) is 6.30. The zero-order valence-electron chi connectivity index (χ0n) is 33.8. The third kappa shape index (κ3) is 25.8. The van der Waals surface area contributed by atoms with E-state index in [9.17, 15) is 39.2 Å². The number of ketones is 1. The van der Waals surface area contributed by atoms with Crippen LogP contribution in [0.2, 0.25) is 0 Å². The maximum atomic E-state index is 12.6. The number of phosphoric acid groups is 1. The van der Waals surface area contributed by atoms with Gasteiger partial charge < -0.3 is 34.8 Å². The van der Waals surface area contributed by atoms with Gasteiger partial charge in [-0.3, -0.25) is 23.4 Å². The number of carbonyl (C=O) groups is 3. The molecule has 0 bridgehead atoms. The van der Waals surface area contributed by atoms with Gasteiger partial charge in [-0.15, -0.1) is 0 Å².